The van der Waals surface area contributed by atoms with Crippen LogP contribution >= 0.6 is 11.6 Å². The molecule has 2 heterocycles. The molecule has 0 aromatic heterocycles. The maximum atomic E-state index is 13.2. The Bertz CT molecular complexity index is 823. The number of rotatable bonds is 3. The first-order chi connectivity index (χ1) is 12.5. The first-order valence-electron chi connectivity index (χ1n) is 9.10. The number of benzene rings is 2. The van der Waals surface area contributed by atoms with Crippen LogP contribution in [0.5, 0.6) is 0 Å². The van der Waals surface area contributed by atoms with Crippen molar-refractivity contribution in [2.45, 2.75) is 31.2 Å². The summed E-state index contributed by atoms with van der Waals surface area (Å²) in [5.41, 5.74) is 2.58. The fourth-order valence-electron chi connectivity index (χ4n) is 4.26. The summed E-state index contributed by atoms with van der Waals surface area (Å²) in [6, 6.07) is 12.1. The minimum absolute atomic E-state index is 0.0872. The molecule has 4 rings (SSSR count). The van der Waals surface area contributed by atoms with Crippen molar-refractivity contribution in [1.82, 2.24) is 4.90 Å². The molecule has 0 bridgehead atoms. The molecule has 1 amide bonds. The van der Waals surface area contributed by atoms with Crippen molar-refractivity contribution in [2.24, 2.45) is 0 Å². The number of likely N-dealkylation sites (tertiary alicyclic amines) is 1. The third kappa shape index (κ3) is 3.24. The van der Waals surface area contributed by atoms with Crippen molar-refractivity contribution in [1.29, 1.82) is 0 Å². The number of carbonyl (C=O) groups excluding carboxylic acids is 1. The van der Waals surface area contributed by atoms with Crippen LogP contribution in [0.15, 0.2) is 42.5 Å². The highest BCUT2D eigenvalue weighted by Crippen LogP contribution is 2.42. The maximum Gasteiger partial charge on any atom is 0.258 e. The van der Waals surface area contributed by atoms with E-state index in [0.29, 0.717) is 23.2 Å². The number of hydrogen-bond acceptors (Lipinski definition) is 2. The number of carbonyl (C=O) groups is 1. The van der Waals surface area contributed by atoms with E-state index in [1.807, 2.05) is 23.1 Å². The molecule has 1 saturated heterocycles. The molecule has 5 heteroatoms. The van der Waals surface area contributed by atoms with Gasteiger partial charge in [0.25, 0.3) is 5.91 Å². The number of halogens is 2. The Morgan fingerprint density at radius 1 is 1.23 bits per heavy atom. The van der Waals surface area contributed by atoms with E-state index >= 15 is 0 Å². The maximum absolute atomic E-state index is 13.2. The van der Waals surface area contributed by atoms with E-state index in [0.717, 1.165) is 24.2 Å². The van der Waals surface area contributed by atoms with Crippen LogP contribution in [0, 0.1) is 5.82 Å². The number of fused-ring (bicyclic) bond motifs is 1. The summed E-state index contributed by atoms with van der Waals surface area (Å²) in [6.07, 6.45) is 3.46. The second kappa shape index (κ2) is 7.01. The second-order valence-electron chi connectivity index (χ2n) is 7.34. The van der Waals surface area contributed by atoms with E-state index in [-0.39, 0.29) is 17.6 Å². The molecule has 0 saturated carbocycles. The topological polar surface area (TPSA) is 23.6 Å². The van der Waals surface area contributed by atoms with Gasteiger partial charge in [-0.05, 0) is 80.9 Å². The van der Waals surface area contributed by atoms with Gasteiger partial charge in [0.15, 0.2) is 0 Å². The lowest BCUT2D eigenvalue weighted by molar-refractivity contribution is 0.0987. The third-order valence-corrected chi connectivity index (χ3v) is 5.92. The van der Waals surface area contributed by atoms with Crippen LogP contribution < -0.4 is 4.90 Å². The summed E-state index contributed by atoms with van der Waals surface area (Å²) in [5, 5.41) is 0.699. The summed E-state index contributed by atoms with van der Waals surface area (Å²) >= 11 is 6.24. The summed E-state index contributed by atoms with van der Waals surface area (Å²) in [6.45, 7) is 1.79. The van der Waals surface area contributed by atoms with Crippen LogP contribution in [0.4, 0.5) is 10.1 Å². The molecule has 2 unspecified atom stereocenters. The van der Waals surface area contributed by atoms with Gasteiger partial charge >= 0.3 is 0 Å². The fourth-order valence-corrected chi connectivity index (χ4v) is 4.44. The van der Waals surface area contributed by atoms with Gasteiger partial charge in [-0.3, -0.25) is 4.79 Å². The third-order valence-electron chi connectivity index (χ3n) is 5.69. The molecule has 1 fully saturated rings. The van der Waals surface area contributed by atoms with Crippen LogP contribution in [0.2, 0.25) is 5.02 Å². The van der Waals surface area contributed by atoms with Gasteiger partial charge in [0.1, 0.15) is 5.82 Å². The van der Waals surface area contributed by atoms with Crippen molar-refractivity contribution in [2.75, 3.05) is 25.0 Å². The molecule has 0 radical (unpaired) electrons. The fraction of sp³-hybridized carbons (Fsp3) is 0.381. The Hall–Kier alpha value is -1.91. The van der Waals surface area contributed by atoms with Gasteiger partial charge < -0.3 is 9.80 Å². The average molecular weight is 373 g/mol. The van der Waals surface area contributed by atoms with Crippen LogP contribution in [-0.2, 0) is 0 Å². The van der Waals surface area contributed by atoms with Crippen molar-refractivity contribution >= 4 is 23.2 Å². The minimum Gasteiger partial charge on any atom is -0.307 e. The molecule has 3 nitrogen and oxygen atoms in total. The molecule has 2 aromatic carbocycles. The molecular formula is C21H22ClFN2O. The summed E-state index contributed by atoms with van der Waals surface area (Å²) in [5.74, 6) is -0.146. The quantitative estimate of drug-likeness (QED) is 0.779. The smallest absolute Gasteiger partial charge is 0.258 e. The van der Waals surface area contributed by atoms with Gasteiger partial charge in [-0.2, -0.15) is 0 Å². The van der Waals surface area contributed by atoms with Crippen molar-refractivity contribution in [3.63, 3.8) is 0 Å². The molecule has 2 aliphatic heterocycles. The van der Waals surface area contributed by atoms with Crippen molar-refractivity contribution in [3.8, 4) is 0 Å². The van der Waals surface area contributed by atoms with Gasteiger partial charge in [0.2, 0.25) is 0 Å². The van der Waals surface area contributed by atoms with E-state index in [1.165, 1.54) is 25.0 Å². The Balaban J connectivity index is 1.63. The summed E-state index contributed by atoms with van der Waals surface area (Å²) in [7, 11) is 2.17. The lowest BCUT2D eigenvalue weighted by atomic mass is 9.93. The summed E-state index contributed by atoms with van der Waals surface area (Å²) in [4.78, 5) is 17.2. The zero-order valence-corrected chi connectivity index (χ0v) is 15.5. The zero-order valence-electron chi connectivity index (χ0n) is 14.8. The Kier molecular flexibility index (Phi) is 4.72. The minimum atomic E-state index is -0.336. The van der Waals surface area contributed by atoms with E-state index in [1.54, 1.807) is 12.1 Å². The second-order valence-corrected chi connectivity index (χ2v) is 7.77. The van der Waals surface area contributed by atoms with Gasteiger partial charge in [-0.1, -0.05) is 11.6 Å². The largest absolute Gasteiger partial charge is 0.307 e. The van der Waals surface area contributed by atoms with Gasteiger partial charge in [-0.15, -0.1) is 0 Å². The zero-order chi connectivity index (χ0) is 18.3. The van der Waals surface area contributed by atoms with Crippen LogP contribution in [0.1, 0.15) is 41.1 Å². The Morgan fingerprint density at radius 3 is 2.69 bits per heavy atom. The number of nitrogens with zero attached hydrogens (tertiary/aromatic N) is 2. The number of amides is 1. The van der Waals surface area contributed by atoms with Crippen LogP contribution in [0.25, 0.3) is 0 Å². The van der Waals surface area contributed by atoms with Crippen LogP contribution in [-0.4, -0.2) is 37.0 Å². The predicted octanol–water partition coefficient (Wildman–Crippen LogP) is 4.71. The molecule has 0 aliphatic carbocycles. The highest BCUT2D eigenvalue weighted by molar-refractivity contribution is 6.30. The van der Waals surface area contributed by atoms with E-state index in [2.05, 4.69) is 11.9 Å². The van der Waals surface area contributed by atoms with Crippen LogP contribution in [0.3, 0.4) is 0 Å². The lowest BCUT2D eigenvalue weighted by Gasteiger charge is -2.23. The van der Waals surface area contributed by atoms with E-state index < -0.39 is 0 Å². The van der Waals surface area contributed by atoms with Gasteiger partial charge in [0.05, 0.1) is 0 Å². The van der Waals surface area contributed by atoms with E-state index in [4.69, 9.17) is 11.6 Å². The molecular weight excluding hydrogens is 351 g/mol. The molecule has 2 atom stereocenters. The lowest BCUT2D eigenvalue weighted by Crippen LogP contribution is -2.32. The SMILES string of the molecule is CN1CCCC1CC1CN(C(=O)c2ccc(F)cc2)c2ccc(Cl)cc21. The molecule has 0 N–H and O–H groups in total. The normalized spacial score (nSPS) is 22.7. The average Bonchev–Trinajstić information content (AvgIpc) is 3.19. The van der Waals surface area contributed by atoms with E-state index in [9.17, 15) is 9.18 Å². The first kappa shape index (κ1) is 17.5. The molecule has 2 aromatic rings. The number of anilines is 1. The molecule has 26 heavy (non-hydrogen) atoms. The summed E-state index contributed by atoms with van der Waals surface area (Å²) < 4.78 is 13.2. The molecule has 0 spiro atoms. The Labute approximate surface area is 158 Å². The Morgan fingerprint density at radius 2 is 2.00 bits per heavy atom. The van der Waals surface area contributed by atoms with Crippen molar-refractivity contribution < 1.29 is 9.18 Å². The number of hydrogen-bond donors (Lipinski definition) is 0. The molecule has 2 aliphatic rings. The monoisotopic (exact) mass is 372 g/mol. The predicted molar refractivity (Wildman–Crippen MR) is 103 cm³/mol. The van der Waals surface area contributed by atoms with Gasteiger partial charge in [0, 0.05) is 34.8 Å². The molecule has 136 valence electrons. The highest BCUT2D eigenvalue weighted by Gasteiger charge is 2.35. The first-order valence-corrected chi connectivity index (χ1v) is 9.48. The van der Waals surface area contributed by atoms with Gasteiger partial charge in [-0.25, -0.2) is 4.39 Å². The highest BCUT2D eigenvalue weighted by atomic mass is 35.5. The van der Waals surface area contributed by atoms with Crippen molar-refractivity contribution in [3.05, 3.63) is 64.4 Å². The standard InChI is InChI=1S/C21H22ClFN2O/c1-24-10-2-3-18(24)11-15-13-25(20-9-6-16(22)12-19(15)20)21(26)14-4-7-17(23)8-5-14/h4-9,12,15,18H,2-3,10-11,13H2,1H3.